The molecular formula is C31H35F6NO4. The highest BCUT2D eigenvalue weighted by molar-refractivity contribution is 5.30. The zero-order valence-electron chi connectivity index (χ0n) is 23.3. The molecule has 0 aromatic heterocycles. The number of halogens is 6. The fraction of sp³-hybridized carbons (Fsp3) is 0.419. The highest BCUT2D eigenvalue weighted by Crippen LogP contribution is 2.33. The molecule has 0 saturated carbocycles. The predicted octanol–water partition coefficient (Wildman–Crippen LogP) is 6.84. The number of rotatable bonds is 14. The van der Waals surface area contributed by atoms with Gasteiger partial charge in [0, 0.05) is 25.7 Å². The Balaban J connectivity index is 1.79. The van der Waals surface area contributed by atoms with Gasteiger partial charge in [-0.2, -0.15) is 26.3 Å². The third kappa shape index (κ3) is 10.0. The lowest BCUT2D eigenvalue weighted by molar-refractivity contribution is -0.138. The van der Waals surface area contributed by atoms with Crippen molar-refractivity contribution in [1.82, 2.24) is 4.90 Å². The Morgan fingerprint density at radius 3 is 1.69 bits per heavy atom. The van der Waals surface area contributed by atoms with Crippen LogP contribution in [-0.2, 0) is 23.5 Å². The van der Waals surface area contributed by atoms with Crippen molar-refractivity contribution in [3.05, 3.63) is 101 Å². The standard InChI is InChI=1S/C31H35F6NO4/c1-3-41-14-15-42-27-12-10-22(11-13-27)16-21(2)38(19-28(39)23-6-4-8-25(17-23)30(32,33)34)20-29(40)24-7-5-9-26(18-24)31(35,36)37/h4-13,17-18,21,28-29,39-40H,3,14-16,19-20H2,1-2H3/t21-,28+,29+/m1/s1. The number of aliphatic hydroxyl groups excluding tert-OH is 2. The Morgan fingerprint density at radius 2 is 1.24 bits per heavy atom. The molecular weight excluding hydrogens is 564 g/mol. The summed E-state index contributed by atoms with van der Waals surface area (Å²) in [4.78, 5) is 1.66. The second-order valence-electron chi connectivity index (χ2n) is 9.97. The van der Waals surface area contributed by atoms with Crippen LogP contribution in [0.2, 0.25) is 0 Å². The molecule has 0 bridgehead atoms. The van der Waals surface area contributed by atoms with Gasteiger partial charge in [0.15, 0.2) is 0 Å². The molecule has 2 N–H and O–H groups in total. The molecule has 3 aromatic carbocycles. The molecule has 5 nitrogen and oxygen atoms in total. The molecule has 0 aliphatic carbocycles. The summed E-state index contributed by atoms with van der Waals surface area (Å²) in [5.41, 5.74) is -0.877. The fourth-order valence-corrected chi connectivity index (χ4v) is 4.49. The van der Waals surface area contributed by atoms with Crippen LogP contribution in [-0.4, -0.2) is 54.1 Å². The van der Waals surface area contributed by atoms with E-state index >= 15 is 0 Å². The molecule has 0 heterocycles. The topological polar surface area (TPSA) is 62.2 Å². The van der Waals surface area contributed by atoms with E-state index in [-0.39, 0.29) is 30.3 Å². The predicted molar refractivity (Wildman–Crippen MR) is 146 cm³/mol. The summed E-state index contributed by atoms with van der Waals surface area (Å²) in [6.45, 7) is 4.78. The second-order valence-corrected chi connectivity index (χ2v) is 9.97. The first-order valence-corrected chi connectivity index (χ1v) is 13.5. The number of benzene rings is 3. The molecule has 42 heavy (non-hydrogen) atoms. The number of aliphatic hydroxyl groups is 2. The first-order chi connectivity index (χ1) is 19.8. The SMILES string of the molecule is CCOCCOc1ccc(C[C@@H](C)N(C[C@H](O)c2cccc(C(F)(F)F)c2)C[C@H](O)c2cccc(C(F)(F)F)c2)cc1. The van der Waals surface area contributed by atoms with Gasteiger partial charge >= 0.3 is 12.4 Å². The Bertz CT molecular complexity index is 1180. The molecule has 3 atom stereocenters. The van der Waals surface area contributed by atoms with Gasteiger partial charge in [0.2, 0.25) is 0 Å². The van der Waals surface area contributed by atoms with Crippen LogP contribution in [0, 0.1) is 0 Å². The average Bonchev–Trinajstić information content (AvgIpc) is 2.95. The summed E-state index contributed by atoms with van der Waals surface area (Å²) in [5, 5.41) is 21.8. The van der Waals surface area contributed by atoms with Crippen molar-refractivity contribution in [3.63, 3.8) is 0 Å². The summed E-state index contributed by atoms with van der Waals surface area (Å²) < 4.78 is 90.4. The van der Waals surface area contributed by atoms with Crippen LogP contribution in [0.3, 0.4) is 0 Å². The minimum Gasteiger partial charge on any atom is -0.491 e. The summed E-state index contributed by atoms with van der Waals surface area (Å²) in [6.07, 6.45) is -11.5. The molecule has 230 valence electrons. The first-order valence-electron chi connectivity index (χ1n) is 13.5. The van der Waals surface area contributed by atoms with E-state index in [1.54, 1.807) is 17.0 Å². The van der Waals surface area contributed by atoms with Crippen LogP contribution >= 0.6 is 0 Å². The van der Waals surface area contributed by atoms with Crippen molar-refractivity contribution in [2.75, 3.05) is 32.9 Å². The normalized spacial score (nSPS) is 14.5. The molecule has 0 spiro atoms. The maximum absolute atomic E-state index is 13.3. The van der Waals surface area contributed by atoms with Crippen molar-refractivity contribution in [1.29, 1.82) is 0 Å². The van der Waals surface area contributed by atoms with E-state index in [0.29, 0.717) is 32.0 Å². The molecule has 0 aliphatic heterocycles. The second kappa shape index (κ2) is 14.9. The molecule has 0 saturated heterocycles. The third-order valence-corrected chi connectivity index (χ3v) is 6.79. The van der Waals surface area contributed by atoms with Crippen LogP contribution in [0.15, 0.2) is 72.8 Å². The molecule has 11 heteroatoms. The summed E-state index contributed by atoms with van der Waals surface area (Å²) in [5.74, 6) is 0.642. The van der Waals surface area contributed by atoms with Crippen LogP contribution in [0.25, 0.3) is 0 Å². The van der Waals surface area contributed by atoms with Crippen LogP contribution in [0.4, 0.5) is 26.3 Å². The van der Waals surface area contributed by atoms with Gasteiger partial charge in [-0.15, -0.1) is 0 Å². The van der Waals surface area contributed by atoms with Crippen LogP contribution in [0.5, 0.6) is 5.75 Å². The van der Waals surface area contributed by atoms with E-state index in [1.807, 2.05) is 26.0 Å². The maximum Gasteiger partial charge on any atom is 0.416 e. The van der Waals surface area contributed by atoms with Crippen molar-refractivity contribution in [3.8, 4) is 5.75 Å². The average molecular weight is 600 g/mol. The van der Waals surface area contributed by atoms with Gasteiger partial charge in [0.05, 0.1) is 29.9 Å². The van der Waals surface area contributed by atoms with Crippen molar-refractivity contribution >= 4 is 0 Å². The van der Waals surface area contributed by atoms with E-state index in [4.69, 9.17) is 9.47 Å². The lowest BCUT2D eigenvalue weighted by atomic mass is 10.0. The van der Waals surface area contributed by atoms with E-state index in [1.165, 1.54) is 24.3 Å². The Kier molecular flexibility index (Phi) is 11.8. The highest BCUT2D eigenvalue weighted by Gasteiger charge is 2.32. The van der Waals surface area contributed by atoms with Gasteiger partial charge in [-0.1, -0.05) is 36.4 Å². The van der Waals surface area contributed by atoms with E-state index in [2.05, 4.69) is 0 Å². The zero-order chi connectivity index (χ0) is 30.9. The summed E-state index contributed by atoms with van der Waals surface area (Å²) in [7, 11) is 0. The van der Waals surface area contributed by atoms with E-state index in [0.717, 1.165) is 29.8 Å². The Morgan fingerprint density at radius 1 is 0.738 bits per heavy atom. The van der Waals surface area contributed by atoms with Gasteiger partial charge in [-0.3, -0.25) is 4.90 Å². The lowest BCUT2D eigenvalue weighted by Crippen LogP contribution is -2.40. The summed E-state index contributed by atoms with van der Waals surface area (Å²) in [6, 6.07) is 15.6. The number of nitrogens with zero attached hydrogens (tertiary/aromatic N) is 1. The molecule has 0 radical (unpaired) electrons. The molecule has 3 rings (SSSR count). The van der Waals surface area contributed by atoms with Crippen molar-refractivity contribution < 1.29 is 46.0 Å². The third-order valence-electron chi connectivity index (χ3n) is 6.79. The number of alkyl halides is 6. The van der Waals surface area contributed by atoms with Gasteiger partial charge in [0.25, 0.3) is 0 Å². The minimum absolute atomic E-state index is 0.0316. The van der Waals surface area contributed by atoms with E-state index in [9.17, 15) is 36.6 Å². The molecule has 3 aromatic rings. The van der Waals surface area contributed by atoms with Crippen LogP contribution in [0.1, 0.15) is 53.9 Å². The lowest BCUT2D eigenvalue weighted by Gasteiger charge is -2.33. The van der Waals surface area contributed by atoms with Gasteiger partial charge in [0.1, 0.15) is 12.4 Å². The van der Waals surface area contributed by atoms with Crippen molar-refractivity contribution in [2.24, 2.45) is 0 Å². The number of hydrogen-bond donors (Lipinski definition) is 2. The Hall–Kier alpha value is -3.12. The van der Waals surface area contributed by atoms with Crippen molar-refractivity contribution in [2.45, 2.75) is 50.9 Å². The fourth-order valence-electron chi connectivity index (χ4n) is 4.49. The molecule has 0 aliphatic rings. The molecule has 0 fully saturated rings. The van der Waals surface area contributed by atoms with Gasteiger partial charge in [-0.05, 0) is 73.4 Å². The zero-order valence-corrected chi connectivity index (χ0v) is 23.3. The Labute approximate surface area is 241 Å². The maximum atomic E-state index is 13.3. The summed E-state index contributed by atoms with van der Waals surface area (Å²) >= 11 is 0. The van der Waals surface area contributed by atoms with Gasteiger partial charge in [-0.25, -0.2) is 0 Å². The van der Waals surface area contributed by atoms with E-state index < -0.39 is 35.7 Å². The smallest absolute Gasteiger partial charge is 0.416 e. The highest BCUT2D eigenvalue weighted by atomic mass is 19.4. The largest absolute Gasteiger partial charge is 0.491 e. The number of ether oxygens (including phenoxy) is 2. The monoisotopic (exact) mass is 599 g/mol. The minimum atomic E-state index is -4.60. The first kappa shape index (κ1) is 33.4. The van der Waals surface area contributed by atoms with Crippen LogP contribution < -0.4 is 4.74 Å². The molecule has 0 amide bonds. The van der Waals surface area contributed by atoms with Gasteiger partial charge < -0.3 is 19.7 Å². The molecule has 0 unspecified atom stereocenters. The quantitative estimate of drug-likeness (QED) is 0.157. The number of hydrogen-bond acceptors (Lipinski definition) is 5.